The summed E-state index contributed by atoms with van der Waals surface area (Å²) in [5, 5.41) is 3.18. The van der Waals surface area contributed by atoms with E-state index in [9.17, 15) is 4.79 Å². The Bertz CT molecular complexity index is 702. The van der Waals surface area contributed by atoms with E-state index in [1.165, 1.54) is 11.1 Å². The van der Waals surface area contributed by atoms with Crippen LogP contribution >= 0.6 is 15.9 Å². The Morgan fingerprint density at radius 3 is 2.96 bits per heavy atom. The highest BCUT2D eigenvalue weighted by atomic mass is 79.9. The fourth-order valence-electron chi connectivity index (χ4n) is 3.15. The highest BCUT2D eigenvalue weighted by Gasteiger charge is 2.20. The molecule has 3 nitrogen and oxygen atoms in total. The second-order valence-electron chi connectivity index (χ2n) is 6.12. The highest BCUT2D eigenvalue weighted by molar-refractivity contribution is 9.10. The Morgan fingerprint density at radius 1 is 1.21 bits per heavy atom. The number of benzene rings is 2. The third-order valence-corrected chi connectivity index (χ3v) is 4.81. The molecule has 0 heterocycles. The zero-order valence-corrected chi connectivity index (χ0v) is 15.2. The van der Waals surface area contributed by atoms with E-state index in [0.717, 1.165) is 29.5 Å². The maximum Gasteiger partial charge on any atom is 0.220 e. The van der Waals surface area contributed by atoms with E-state index in [-0.39, 0.29) is 11.9 Å². The van der Waals surface area contributed by atoms with Gasteiger partial charge in [0.1, 0.15) is 5.75 Å². The summed E-state index contributed by atoms with van der Waals surface area (Å²) >= 11 is 3.42. The number of aryl methyl sites for hydroxylation is 1. The van der Waals surface area contributed by atoms with Crippen LogP contribution in [0, 0.1) is 0 Å². The average molecular weight is 388 g/mol. The largest absolute Gasteiger partial charge is 0.494 e. The number of halogens is 1. The molecule has 0 aromatic heterocycles. The van der Waals surface area contributed by atoms with Crippen LogP contribution in [0.15, 0.2) is 53.0 Å². The second-order valence-corrected chi connectivity index (χ2v) is 7.04. The molecule has 1 aliphatic rings. The van der Waals surface area contributed by atoms with E-state index >= 15 is 0 Å². The van der Waals surface area contributed by atoms with Gasteiger partial charge in [0.05, 0.1) is 12.6 Å². The van der Waals surface area contributed by atoms with Gasteiger partial charge < -0.3 is 10.1 Å². The van der Waals surface area contributed by atoms with Gasteiger partial charge in [-0.15, -0.1) is 0 Å². The molecule has 0 fully saturated rings. The SMILES string of the molecule is O=C(CCCOc1cccc(Br)c1)N[C@@H]1CCCc2ccccc21. The molecule has 4 heteroatoms. The van der Waals surface area contributed by atoms with Crippen molar-refractivity contribution in [1.82, 2.24) is 5.32 Å². The first-order valence-corrected chi connectivity index (χ1v) is 9.27. The third kappa shape index (κ3) is 4.60. The van der Waals surface area contributed by atoms with E-state index in [1.807, 2.05) is 24.3 Å². The van der Waals surface area contributed by atoms with Crippen LogP contribution in [-0.2, 0) is 11.2 Å². The number of hydrogen-bond donors (Lipinski definition) is 1. The van der Waals surface area contributed by atoms with Gasteiger partial charge >= 0.3 is 0 Å². The van der Waals surface area contributed by atoms with Crippen molar-refractivity contribution in [3.8, 4) is 5.75 Å². The Kier molecular flexibility index (Phi) is 5.91. The van der Waals surface area contributed by atoms with E-state index in [2.05, 4.69) is 45.5 Å². The van der Waals surface area contributed by atoms with Gasteiger partial charge in [-0.3, -0.25) is 4.79 Å². The van der Waals surface area contributed by atoms with Gasteiger partial charge in [0.2, 0.25) is 5.91 Å². The van der Waals surface area contributed by atoms with Gasteiger partial charge in [0.25, 0.3) is 0 Å². The van der Waals surface area contributed by atoms with E-state index < -0.39 is 0 Å². The van der Waals surface area contributed by atoms with Gasteiger partial charge in [-0.05, 0) is 55.0 Å². The third-order valence-electron chi connectivity index (χ3n) is 4.32. The normalized spacial score (nSPS) is 16.3. The molecule has 24 heavy (non-hydrogen) atoms. The molecule has 2 aromatic carbocycles. The van der Waals surface area contributed by atoms with Crippen molar-refractivity contribution >= 4 is 21.8 Å². The number of carbonyl (C=O) groups is 1. The summed E-state index contributed by atoms with van der Waals surface area (Å²) in [4.78, 5) is 12.2. The minimum atomic E-state index is 0.106. The average Bonchev–Trinajstić information content (AvgIpc) is 2.59. The first-order valence-electron chi connectivity index (χ1n) is 8.48. The summed E-state index contributed by atoms with van der Waals surface area (Å²) in [7, 11) is 0. The predicted molar refractivity (Wildman–Crippen MR) is 99.1 cm³/mol. The number of carbonyl (C=O) groups excluding carboxylic acids is 1. The van der Waals surface area contributed by atoms with Gasteiger partial charge in [-0.2, -0.15) is 0 Å². The lowest BCUT2D eigenvalue weighted by atomic mass is 9.87. The lowest BCUT2D eigenvalue weighted by Gasteiger charge is -2.26. The van der Waals surface area contributed by atoms with Gasteiger partial charge in [-0.1, -0.05) is 46.3 Å². The molecule has 126 valence electrons. The van der Waals surface area contributed by atoms with Crippen LogP contribution in [0.1, 0.15) is 42.9 Å². The topological polar surface area (TPSA) is 38.3 Å². The quantitative estimate of drug-likeness (QED) is 0.722. The molecule has 2 aromatic rings. The molecule has 0 radical (unpaired) electrons. The fraction of sp³-hybridized carbons (Fsp3) is 0.350. The summed E-state index contributed by atoms with van der Waals surface area (Å²) in [5.41, 5.74) is 2.65. The van der Waals surface area contributed by atoms with Crippen molar-refractivity contribution in [1.29, 1.82) is 0 Å². The molecular formula is C20H22BrNO2. The zero-order valence-electron chi connectivity index (χ0n) is 13.6. The molecule has 0 saturated carbocycles. The summed E-state index contributed by atoms with van der Waals surface area (Å²) in [5.74, 6) is 0.931. The first-order chi connectivity index (χ1) is 11.7. The molecule has 1 atom stereocenters. The lowest BCUT2D eigenvalue weighted by molar-refractivity contribution is -0.122. The molecule has 0 bridgehead atoms. The van der Waals surface area contributed by atoms with Crippen LogP contribution in [0.3, 0.4) is 0 Å². The standard InChI is InChI=1S/C20H22BrNO2/c21-16-8-4-9-17(14-16)24-13-5-12-20(23)22-19-11-3-7-15-6-1-2-10-18(15)19/h1-2,4,6,8-10,14,19H,3,5,7,11-13H2,(H,22,23)/t19-/m1/s1. The molecule has 1 amide bonds. The number of fused-ring (bicyclic) bond motifs is 1. The van der Waals surface area contributed by atoms with Crippen LogP contribution < -0.4 is 10.1 Å². The molecule has 3 rings (SSSR count). The maximum absolute atomic E-state index is 12.2. The highest BCUT2D eigenvalue weighted by Crippen LogP contribution is 2.29. The molecule has 1 N–H and O–H groups in total. The van der Waals surface area contributed by atoms with Gasteiger partial charge in [0.15, 0.2) is 0 Å². The number of amides is 1. The summed E-state index contributed by atoms with van der Waals surface area (Å²) in [6.45, 7) is 0.547. The van der Waals surface area contributed by atoms with Crippen LogP contribution in [0.25, 0.3) is 0 Å². The number of ether oxygens (including phenoxy) is 1. The van der Waals surface area contributed by atoms with Crippen LogP contribution in [-0.4, -0.2) is 12.5 Å². The molecule has 1 aliphatic carbocycles. The van der Waals surface area contributed by atoms with Crippen molar-refractivity contribution in [2.75, 3.05) is 6.61 Å². The molecule has 0 unspecified atom stereocenters. The number of rotatable bonds is 6. The summed E-state index contributed by atoms with van der Waals surface area (Å²) < 4.78 is 6.67. The number of hydrogen-bond acceptors (Lipinski definition) is 2. The van der Waals surface area contributed by atoms with Crippen molar-refractivity contribution in [3.05, 3.63) is 64.1 Å². The Labute approximate surface area is 151 Å². The Hall–Kier alpha value is -1.81. The molecule has 0 aliphatic heterocycles. The van der Waals surface area contributed by atoms with E-state index in [0.29, 0.717) is 19.4 Å². The van der Waals surface area contributed by atoms with E-state index in [4.69, 9.17) is 4.74 Å². The van der Waals surface area contributed by atoms with Gasteiger partial charge in [-0.25, -0.2) is 0 Å². The zero-order chi connectivity index (χ0) is 16.8. The predicted octanol–water partition coefficient (Wildman–Crippen LogP) is 4.80. The maximum atomic E-state index is 12.2. The van der Waals surface area contributed by atoms with Crippen LogP contribution in [0.4, 0.5) is 0 Å². The Balaban J connectivity index is 1.43. The monoisotopic (exact) mass is 387 g/mol. The van der Waals surface area contributed by atoms with Crippen LogP contribution in [0.5, 0.6) is 5.75 Å². The Morgan fingerprint density at radius 2 is 2.08 bits per heavy atom. The first kappa shape index (κ1) is 17.0. The lowest BCUT2D eigenvalue weighted by Crippen LogP contribution is -2.31. The molecular weight excluding hydrogens is 366 g/mol. The molecule has 0 spiro atoms. The smallest absolute Gasteiger partial charge is 0.220 e. The minimum absolute atomic E-state index is 0.106. The number of nitrogens with one attached hydrogen (secondary N) is 1. The van der Waals surface area contributed by atoms with Crippen molar-refractivity contribution in [3.63, 3.8) is 0 Å². The van der Waals surface area contributed by atoms with Crippen molar-refractivity contribution < 1.29 is 9.53 Å². The fourth-order valence-corrected chi connectivity index (χ4v) is 3.53. The minimum Gasteiger partial charge on any atom is -0.494 e. The van der Waals surface area contributed by atoms with Crippen molar-refractivity contribution in [2.24, 2.45) is 0 Å². The van der Waals surface area contributed by atoms with E-state index in [1.54, 1.807) is 0 Å². The van der Waals surface area contributed by atoms with Crippen LogP contribution in [0.2, 0.25) is 0 Å². The summed E-state index contributed by atoms with van der Waals surface area (Å²) in [6, 6.07) is 16.3. The summed E-state index contributed by atoms with van der Waals surface area (Å²) in [6.07, 6.45) is 4.48. The second kappa shape index (κ2) is 8.34. The van der Waals surface area contributed by atoms with Crippen molar-refractivity contribution in [2.45, 2.75) is 38.1 Å². The molecule has 0 saturated heterocycles. The van der Waals surface area contributed by atoms with Gasteiger partial charge in [0, 0.05) is 10.9 Å².